The molecule has 0 spiro atoms. The Morgan fingerprint density at radius 3 is 2.20 bits per heavy atom. The average Bonchev–Trinajstić information content (AvgIpc) is 3.39. The zero-order chi connectivity index (χ0) is 31.6. The maximum absolute atomic E-state index is 14.1. The quantitative estimate of drug-likeness (QED) is 0.253. The van der Waals surface area contributed by atoms with E-state index in [1.807, 2.05) is 37.3 Å². The van der Waals surface area contributed by atoms with Gasteiger partial charge >= 0.3 is 6.03 Å². The van der Waals surface area contributed by atoms with Crippen molar-refractivity contribution in [3.05, 3.63) is 94.8 Å². The number of ether oxygens (including phenoxy) is 1. The number of benzene rings is 2. The summed E-state index contributed by atoms with van der Waals surface area (Å²) in [4.78, 5) is 31.7. The number of amides is 3. The summed E-state index contributed by atoms with van der Waals surface area (Å²) in [7, 11) is 0. The Morgan fingerprint density at radius 1 is 0.932 bits per heavy atom. The highest BCUT2D eigenvalue weighted by molar-refractivity contribution is 5.99. The molecule has 1 aliphatic rings. The minimum Gasteiger partial charge on any atom is -0.474 e. The lowest BCUT2D eigenvalue weighted by atomic mass is 9.92. The van der Waals surface area contributed by atoms with Gasteiger partial charge in [0.05, 0.1) is 22.8 Å². The van der Waals surface area contributed by atoms with Crippen molar-refractivity contribution in [1.29, 1.82) is 0 Å². The van der Waals surface area contributed by atoms with Gasteiger partial charge in [-0.25, -0.2) is 23.2 Å². The molecule has 9 nitrogen and oxygen atoms in total. The maximum atomic E-state index is 14.1. The number of carbonyl (C=O) groups excluding carboxylic acids is 2. The number of halogens is 2. The van der Waals surface area contributed by atoms with Crippen molar-refractivity contribution < 1.29 is 23.1 Å². The van der Waals surface area contributed by atoms with Gasteiger partial charge in [-0.15, -0.1) is 0 Å². The highest BCUT2D eigenvalue weighted by Crippen LogP contribution is 2.27. The Bertz CT molecular complexity index is 1650. The molecule has 0 saturated carbocycles. The summed E-state index contributed by atoms with van der Waals surface area (Å²) in [6.07, 6.45) is 0.740. The zero-order valence-electron chi connectivity index (χ0n) is 25.4. The summed E-state index contributed by atoms with van der Waals surface area (Å²) in [5.74, 6) is -1.50. The van der Waals surface area contributed by atoms with Gasteiger partial charge in [-0.05, 0) is 44.2 Å². The highest BCUT2D eigenvalue weighted by atomic mass is 19.1. The number of carbonyl (C=O) groups is 2. The van der Waals surface area contributed by atoms with Gasteiger partial charge in [-0.3, -0.25) is 10.1 Å². The third kappa shape index (κ3) is 6.88. The van der Waals surface area contributed by atoms with Crippen molar-refractivity contribution in [3.8, 4) is 11.6 Å². The molecule has 0 aliphatic carbocycles. The number of likely N-dealkylation sites (tertiary alicyclic amines) is 1. The van der Waals surface area contributed by atoms with E-state index < -0.39 is 29.1 Å². The monoisotopic (exact) mass is 602 g/mol. The molecule has 11 heteroatoms. The van der Waals surface area contributed by atoms with Crippen LogP contribution < -0.4 is 15.4 Å². The molecule has 1 fully saturated rings. The largest absolute Gasteiger partial charge is 0.474 e. The Hall–Kier alpha value is -4.80. The topological polar surface area (TPSA) is 101 Å². The normalized spacial score (nSPS) is 13.9. The molecule has 2 N–H and O–H groups in total. The summed E-state index contributed by atoms with van der Waals surface area (Å²) in [5, 5.41) is 10.5. The SMILES string of the molecule is Cc1ccc(-n2nc(C(C)(C)C)cc2NC(=O)Nc2ccc(OC3CCN(C(=O)c4c(F)cccc4F)CC3)nc2C)cc1. The van der Waals surface area contributed by atoms with E-state index >= 15 is 0 Å². The third-order valence-electron chi connectivity index (χ3n) is 7.50. The van der Waals surface area contributed by atoms with Crippen LogP contribution in [0.15, 0.2) is 60.7 Å². The van der Waals surface area contributed by atoms with Gasteiger partial charge in [0, 0.05) is 43.5 Å². The molecule has 5 rings (SSSR count). The van der Waals surface area contributed by atoms with Crippen LogP contribution in [-0.2, 0) is 5.41 Å². The van der Waals surface area contributed by atoms with E-state index in [9.17, 15) is 18.4 Å². The summed E-state index contributed by atoms with van der Waals surface area (Å²) in [6.45, 7) is 10.6. The number of nitrogens with one attached hydrogen (secondary N) is 2. The van der Waals surface area contributed by atoms with Crippen LogP contribution in [0.4, 0.5) is 25.1 Å². The molecule has 4 aromatic rings. The van der Waals surface area contributed by atoms with Crippen molar-refractivity contribution >= 4 is 23.4 Å². The van der Waals surface area contributed by atoms with Gasteiger partial charge in [0.2, 0.25) is 5.88 Å². The number of aromatic nitrogens is 3. The van der Waals surface area contributed by atoms with E-state index in [0.717, 1.165) is 29.1 Å². The first-order valence-corrected chi connectivity index (χ1v) is 14.5. The fraction of sp³-hybridized carbons (Fsp3) is 0.333. The first-order chi connectivity index (χ1) is 20.9. The minimum absolute atomic E-state index is 0.219. The van der Waals surface area contributed by atoms with Gasteiger partial charge in [0.1, 0.15) is 29.1 Å². The van der Waals surface area contributed by atoms with E-state index in [1.54, 1.807) is 23.7 Å². The van der Waals surface area contributed by atoms with Gasteiger partial charge in [0.25, 0.3) is 5.91 Å². The first kappa shape index (κ1) is 30.7. The molecule has 1 saturated heterocycles. The van der Waals surface area contributed by atoms with E-state index in [2.05, 4.69) is 36.4 Å². The second kappa shape index (κ2) is 12.4. The number of aryl methyl sites for hydroxylation is 2. The lowest BCUT2D eigenvalue weighted by Gasteiger charge is -2.32. The summed E-state index contributed by atoms with van der Waals surface area (Å²) in [6, 6.07) is 16.1. The number of piperidine rings is 1. The molecular weight excluding hydrogens is 566 g/mol. The van der Waals surface area contributed by atoms with Crippen LogP contribution in [0, 0.1) is 25.5 Å². The fourth-order valence-electron chi connectivity index (χ4n) is 4.93. The van der Waals surface area contributed by atoms with Gasteiger partial charge < -0.3 is 15.0 Å². The summed E-state index contributed by atoms with van der Waals surface area (Å²) < 4.78 is 35.9. The molecule has 2 aromatic carbocycles. The third-order valence-corrected chi connectivity index (χ3v) is 7.50. The predicted molar refractivity (Wildman–Crippen MR) is 165 cm³/mol. The van der Waals surface area contributed by atoms with E-state index in [-0.39, 0.29) is 11.5 Å². The molecule has 3 amide bonds. The minimum atomic E-state index is -0.873. The van der Waals surface area contributed by atoms with E-state index in [4.69, 9.17) is 9.84 Å². The number of nitrogens with zero attached hydrogens (tertiary/aromatic N) is 4. The number of hydrogen-bond acceptors (Lipinski definition) is 5. The number of urea groups is 1. The van der Waals surface area contributed by atoms with Crippen molar-refractivity contribution in [2.24, 2.45) is 0 Å². The Balaban J connectivity index is 1.20. The maximum Gasteiger partial charge on any atom is 0.324 e. The average molecular weight is 603 g/mol. The molecular formula is C33H36F2N6O3. The van der Waals surface area contributed by atoms with Gasteiger partial charge in [-0.1, -0.05) is 44.5 Å². The van der Waals surface area contributed by atoms with E-state index in [0.29, 0.717) is 49.0 Å². The highest BCUT2D eigenvalue weighted by Gasteiger charge is 2.28. The molecule has 0 unspecified atom stereocenters. The van der Waals surface area contributed by atoms with Crippen LogP contribution in [-0.4, -0.2) is 50.8 Å². The number of hydrogen-bond donors (Lipinski definition) is 2. The van der Waals surface area contributed by atoms with Gasteiger partial charge in [-0.2, -0.15) is 5.10 Å². The molecule has 3 heterocycles. The van der Waals surface area contributed by atoms with Crippen LogP contribution >= 0.6 is 0 Å². The van der Waals surface area contributed by atoms with E-state index in [1.165, 1.54) is 11.0 Å². The smallest absolute Gasteiger partial charge is 0.324 e. The fourth-order valence-corrected chi connectivity index (χ4v) is 4.93. The molecule has 0 radical (unpaired) electrons. The van der Waals surface area contributed by atoms with Crippen LogP contribution in [0.2, 0.25) is 0 Å². The van der Waals surface area contributed by atoms with Crippen molar-refractivity contribution in [2.75, 3.05) is 23.7 Å². The zero-order valence-corrected chi connectivity index (χ0v) is 25.4. The van der Waals surface area contributed by atoms with Crippen molar-refractivity contribution in [3.63, 3.8) is 0 Å². The molecule has 230 valence electrons. The van der Waals surface area contributed by atoms with Crippen LogP contribution in [0.3, 0.4) is 0 Å². The second-order valence-corrected chi connectivity index (χ2v) is 12.0. The Morgan fingerprint density at radius 2 is 1.59 bits per heavy atom. The summed E-state index contributed by atoms with van der Waals surface area (Å²) >= 11 is 0. The second-order valence-electron chi connectivity index (χ2n) is 12.0. The molecule has 44 heavy (non-hydrogen) atoms. The summed E-state index contributed by atoms with van der Waals surface area (Å²) in [5.41, 5.74) is 3.10. The van der Waals surface area contributed by atoms with Crippen LogP contribution in [0.5, 0.6) is 5.88 Å². The molecule has 2 aromatic heterocycles. The first-order valence-electron chi connectivity index (χ1n) is 14.5. The predicted octanol–water partition coefficient (Wildman–Crippen LogP) is 6.79. The number of anilines is 2. The molecule has 0 bridgehead atoms. The number of pyridine rings is 1. The Labute approximate surface area is 255 Å². The van der Waals surface area contributed by atoms with Crippen molar-refractivity contribution in [2.45, 2.75) is 59.0 Å². The number of rotatable bonds is 6. The van der Waals surface area contributed by atoms with Gasteiger partial charge in [0.15, 0.2) is 0 Å². The molecule has 0 atom stereocenters. The van der Waals surface area contributed by atoms with Crippen LogP contribution in [0.1, 0.15) is 60.9 Å². The lowest BCUT2D eigenvalue weighted by molar-refractivity contribution is 0.0579. The van der Waals surface area contributed by atoms with Crippen LogP contribution in [0.25, 0.3) is 5.69 Å². The lowest BCUT2D eigenvalue weighted by Crippen LogP contribution is -2.42. The Kier molecular flexibility index (Phi) is 8.66. The molecule has 1 aliphatic heterocycles. The standard InChI is InChI=1S/C33H36F2N6O3/c1-20-9-11-22(12-10-20)41-28(19-27(39-41)33(3,4)5)38-32(43)37-26-13-14-29(36-21(26)2)44-23-15-17-40(18-16-23)31(42)30-24(34)7-6-8-25(30)35/h6-14,19,23H,15-18H2,1-5H3,(H2,37,38,43). The van der Waals surface area contributed by atoms with Crippen molar-refractivity contribution in [1.82, 2.24) is 19.7 Å².